The van der Waals surface area contributed by atoms with Crippen molar-refractivity contribution < 1.29 is 115 Å². The molecule has 102 heavy (non-hydrogen) atoms. The van der Waals surface area contributed by atoms with Crippen LogP contribution in [-0.2, 0) is 96.1 Å². The Morgan fingerprint density at radius 2 is 0.373 bits per heavy atom. The van der Waals surface area contributed by atoms with Crippen molar-refractivity contribution in [3.63, 3.8) is 0 Å². The predicted octanol–water partition coefficient (Wildman–Crippen LogP) is 7.10. The summed E-state index contributed by atoms with van der Waals surface area (Å²) in [7, 11) is -14.9. The van der Waals surface area contributed by atoms with Gasteiger partial charge in [0.2, 0.25) is 35.4 Å². The number of benzene rings is 6. The Hall–Kier alpha value is -11.6. The molecule has 0 spiro atoms. The molecule has 0 aliphatic carbocycles. The van der Waals surface area contributed by atoms with Gasteiger partial charge in [-0.1, -0.05) is 86.3 Å². The molecule has 0 saturated heterocycles. The molecule has 540 valence electrons. The van der Waals surface area contributed by atoms with Gasteiger partial charge in [0, 0.05) is 80.1 Å². The van der Waals surface area contributed by atoms with E-state index in [0.29, 0.717) is 33.4 Å². The summed E-state index contributed by atoms with van der Waals surface area (Å²) < 4.78 is 57.4. The van der Waals surface area contributed by atoms with Crippen LogP contribution in [0.1, 0.15) is 74.9 Å². The van der Waals surface area contributed by atoms with Gasteiger partial charge in [-0.25, -0.2) is 28.8 Å². The lowest BCUT2D eigenvalue weighted by Crippen LogP contribution is -2.41. The van der Waals surface area contributed by atoms with Crippen LogP contribution in [-0.4, -0.2) is 138 Å². The lowest BCUT2D eigenvalue weighted by Gasteiger charge is -2.33. The van der Waals surface area contributed by atoms with E-state index in [4.69, 9.17) is 40.7 Å². The molecule has 1 aliphatic heterocycles. The van der Waals surface area contributed by atoms with Crippen molar-refractivity contribution in [2.75, 3.05) is 0 Å². The van der Waals surface area contributed by atoms with E-state index in [-0.39, 0.29) is 73.0 Å². The zero-order valence-corrected chi connectivity index (χ0v) is 58.0. The van der Waals surface area contributed by atoms with Crippen molar-refractivity contribution >= 4 is 94.2 Å². The van der Waals surface area contributed by atoms with Crippen LogP contribution < -0.4 is 59.0 Å². The van der Waals surface area contributed by atoms with Gasteiger partial charge < -0.3 is 89.7 Å². The summed E-state index contributed by atoms with van der Waals surface area (Å²) in [4.78, 5) is 147. The first kappa shape index (κ1) is 77.8. The molecule has 0 fully saturated rings. The molecule has 1 heterocycles. The fourth-order valence-corrected chi connectivity index (χ4v) is 18.9. The predicted molar refractivity (Wildman–Crippen MR) is 364 cm³/mol. The van der Waals surface area contributed by atoms with E-state index in [0.717, 1.165) is 41.5 Å². The highest BCUT2D eigenvalue weighted by atomic mass is 31.3. The molecule has 6 aromatic carbocycles. The molecule has 0 bridgehead atoms. The zero-order valence-electron chi connectivity index (χ0n) is 55.3. The maximum atomic E-state index is 12.3. The highest BCUT2D eigenvalue weighted by Gasteiger charge is 2.49. The second kappa shape index (κ2) is 35.0. The molecule has 0 saturated carbocycles. The van der Waals surface area contributed by atoms with Gasteiger partial charge in [0.25, 0.3) is 0 Å². The third kappa shape index (κ3) is 23.8. The minimum absolute atomic E-state index is 0.124. The Labute approximate surface area is 582 Å². The number of amides is 6. The third-order valence-corrected chi connectivity index (χ3v) is 22.4. The molecule has 6 amide bonds. The van der Waals surface area contributed by atoms with Crippen LogP contribution in [0.2, 0.25) is 0 Å². The standard InChI is InChI=1S/C66H72N9O24P3/c1-37(76)67-55(61(82)83)31-43-7-19-49(20-8-43)94-100(95-50-21-9-44(10-22-50)32-56(62(84)85)68-38(2)77)73-101(96-51-23-11-45(12-24-51)33-57(63(86)87)69-39(3)78,97-52-25-13-46(14-26-52)34-58(64(88)89)70-40(4)79)75-102(74-100,98-53-27-15-47(16-28-53)35-59(65(90)91)71-41(5)80)99-54-29-17-48(18-30-54)36-60(66(92)93)72-42(6)81/h7-30,55-60H,31-36H2,1-6H3,(H,67,76)(H,68,77)(H,69,78)(H,70,79)(H,71,80)(H,72,81)(H,82,83)(H,84,85)(H,86,87)(H,88,89)(H,90,91)(H,92,93). The molecule has 6 unspecified atom stereocenters. The number of nitrogens with one attached hydrogen (secondary N) is 6. The Bertz CT molecular complexity index is 3610. The maximum Gasteiger partial charge on any atom is 0.460 e. The van der Waals surface area contributed by atoms with E-state index in [1.807, 2.05) is 0 Å². The van der Waals surface area contributed by atoms with E-state index in [1.165, 1.54) is 146 Å². The molecular weight excluding hydrogens is 1400 g/mol. The molecule has 0 radical (unpaired) electrons. The van der Waals surface area contributed by atoms with E-state index in [1.54, 1.807) is 0 Å². The largest absolute Gasteiger partial charge is 0.480 e. The highest BCUT2D eigenvalue weighted by Crippen LogP contribution is 2.78. The summed E-state index contributed by atoms with van der Waals surface area (Å²) in [5.74, 6) is -12.6. The number of nitrogens with zero attached hydrogens (tertiary/aromatic N) is 3. The molecule has 6 atom stereocenters. The Morgan fingerprint density at radius 1 is 0.255 bits per heavy atom. The van der Waals surface area contributed by atoms with Crippen LogP contribution in [0, 0.1) is 0 Å². The van der Waals surface area contributed by atoms with Gasteiger partial charge in [0.05, 0.1) is 0 Å². The van der Waals surface area contributed by atoms with E-state index in [2.05, 4.69) is 31.9 Å². The van der Waals surface area contributed by atoms with Crippen LogP contribution in [0.25, 0.3) is 0 Å². The van der Waals surface area contributed by atoms with Gasteiger partial charge in [0.1, 0.15) is 70.7 Å². The number of hydrogen-bond donors (Lipinski definition) is 12. The number of carbonyl (C=O) groups is 12. The average molecular weight is 1470 g/mol. The van der Waals surface area contributed by atoms with Crippen molar-refractivity contribution in [1.82, 2.24) is 31.9 Å². The average Bonchev–Trinajstić information content (AvgIpc) is 0.730. The molecule has 6 aromatic rings. The highest BCUT2D eigenvalue weighted by molar-refractivity contribution is 7.79. The smallest absolute Gasteiger partial charge is 0.460 e. The van der Waals surface area contributed by atoms with Crippen LogP contribution in [0.15, 0.2) is 159 Å². The van der Waals surface area contributed by atoms with Crippen molar-refractivity contribution in [2.45, 2.75) is 116 Å². The second-order valence-corrected chi connectivity index (χ2v) is 29.1. The topological polar surface area (TPSA) is 491 Å². The van der Waals surface area contributed by atoms with Crippen LogP contribution in [0.5, 0.6) is 34.5 Å². The number of rotatable bonds is 36. The van der Waals surface area contributed by atoms with Crippen LogP contribution >= 0.6 is 23.0 Å². The number of hydrogen-bond acceptors (Lipinski definition) is 21. The first-order valence-electron chi connectivity index (χ1n) is 30.8. The van der Waals surface area contributed by atoms with Gasteiger partial charge >= 0.3 is 58.8 Å². The zero-order chi connectivity index (χ0) is 74.6. The summed E-state index contributed by atoms with van der Waals surface area (Å²) >= 11 is 0. The third-order valence-electron chi connectivity index (χ3n) is 14.3. The van der Waals surface area contributed by atoms with Gasteiger partial charge in [-0.3, -0.25) is 28.8 Å². The summed E-state index contributed by atoms with van der Waals surface area (Å²) in [6.07, 6.45) is -1.41. The van der Waals surface area contributed by atoms with Crippen LogP contribution in [0.3, 0.4) is 0 Å². The molecule has 1 aliphatic rings. The summed E-state index contributed by atoms with van der Waals surface area (Å²) in [5.41, 5.74) is 2.15. The Kier molecular flexibility index (Phi) is 26.7. The Balaban J connectivity index is 1.59. The molecule has 12 N–H and O–H groups in total. The molecule has 7 rings (SSSR count). The minimum Gasteiger partial charge on any atom is -0.480 e. The number of carbonyl (C=O) groups excluding carboxylic acids is 6. The fraction of sp³-hybridized carbons (Fsp3) is 0.273. The molecule has 0 aromatic heterocycles. The lowest BCUT2D eigenvalue weighted by molar-refractivity contribution is -0.141. The number of carboxylic acids is 6. The van der Waals surface area contributed by atoms with E-state index >= 15 is 0 Å². The lowest BCUT2D eigenvalue weighted by atomic mass is 10.1. The molecule has 33 nitrogen and oxygen atoms in total. The minimum atomic E-state index is -4.96. The number of aliphatic carboxylic acids is 6. The SMILES string of the molecule is CC(=O)NC(Cc1ccc(OP2(Oc3ccc(CC(NC(C)=O)C(=O)O)cc3)=NP(Oc3ccc(CC(NC(C)=O)C(=O)O)cc3)(Oc3ccc(CC(NC(C)=O)C(=O)O)cc3)=NP(Oc3ccc(CC(NC(C)=O)C(=O)O)cc3)(Oc3ccc(CC(NC(C)=O)C(=O)O)cc3)=N2)cc1)C(=O)O. The van der Waals surface area contributed by atoms with Gasteiger partial charge in [-0.2, -0.15) is 0 Å². The van der Waals surface area contributed by atoms with Crippen molar-refractivity contribution in [1.29, 1.82) is 0 Å². The Morgan fingerprint density at radius 3 is 0.471 bits per heavy atom. The molecular formula is C66H72N9O24P3. The van der Waals surface area contributed by atoms with Gasteiger partial charge in [-0.15, -0.1) is 0 Å². The van der Waals surface area contributed by atoms with E-state index in [9.17, 15) is 88.2 Å². The second-order valence-electron chi connectivity index (χ2n) is 22.9. The summed E-state index contributed by atoms with van der Waals surface area (Å²) in [6, 6.07) is 25.7. The molecule has 36 heteroatoms. The fourth-order valence-electron chi connectivity index (χ4n) is 9.79. The van der Waals surface area contributed by atoms with Crippen molar-refractivity contribution in [3.8, 4) is 34.5 Å². The number of carboxylic acid groups (broad SMARTS) is 6. The first-order chi connectivity index (χ1) is 48.1. The maximum absolute atomic E-state index is 12.3. The van der Waals surface area contributed by atoms with Gasteiger partial charge in [-0.05, 0) is 106 Å². The monoisotopic (exact) mass is 1470 g/mol. The van der Waals surface area contributed by atoms with Crippen molar-refractivity contribution in [3.05, 3.63) is 179 Å². The summed E-state index contributed by atoms with van der Waals surface area (Å²) in [5, 5.41) is 74.6. The van der Waals surface area contributed by atoms with Crippen LogP contribution in [0.4, 0.5) is 0 Å². The normalized spacial score (nSPS) is 17.6. The quantitative estimate of drug-likeness (QED) is 0.0174. The van der Waals surface area contributed by atoms with E-state index < -0.39 is 130 Å². The first-order valence-corrected chi connectivity index (χ1v) is 35.4. The van der Waals surface area contributed by atoms with Gasteiger partial charge in [0.15, 0.2) is 0 Å². The summed E-state index contributed by atoms with van der Waals surface area (Å²) in [6.45, 7) is 6.87. The van der Waals surface area contributed by atoms with Crippen molar-refractivity contribution in [2.24, 2.45) is 13.5 Å².